The van der Waals surface area contributed by atoms with Crippen LogP contribution in [0.25, 0.3) is 0 Å². The van der Waals surface area contributed by atoms with Crippen LogP contribution in [0.1, 0.15) is 63.6 Å². The van der Waals surface area contributed by atoms with E-state index in [1.54, 1.807) is 12.1 Å². The summed E-state index contributed by atoms with van der Waals surface area (Å²) in [6.45, 7) is 6.19. The lowest BCUT2D eigenvalue weighted by Gasteiger charge is -2.33. The Kier molecular flexibility index (Phi) is 9.94. The molecule has 198 valence electrons. The summed E-state index contributed by atoms with van der Waals surface area (Å²) in [6.07, 6.45) is 1.22. The Hall–Kier alpha value is -3.55. The minimum atomic E-state index is -0.416. The monoisotopic (exact) mass is 509 g/mol. The van der Waals surface area contributed by atoms with E-state index in [0.717, 1.165) is 11.1 Å². The molecule has 2 aromatic rings. The lowest BCUT2D eigenvalue weighted by Crippen LogP contribution is -2.48. The number of nitrogens with zero attached hydrogens (tertiary/aromatic N) is 2. The molecule has 0 fully saturated rings. The summed E-state index contributed by atoms with van der Waals surface area (Å²) in [4.78, 5) is 44.4. The van der Waals surface area contributed by atoms with Crippen molar-refractivity contribution in [2.45, 2.75) is 71.1 Å². The lowest BCUT2D eigenvalue weighted by atomic mass is 9.92. The number of Topliss-reactive ketones (excluding diaryl/α,β-unsaturated/α-hetero) is 1. The zero-order valence-corrected chi connectivity index (χ0v) is 21.9. The van der Waals surface area contributed by atoms with Crippen LogP contribution < -0.4 is 5.32 Å². The fourth-order valence-electron chi connectivity index (χ4n) is 4.75. The van der Waals surface area contributed by atoms with Gasteiger partial charge in [0, 0.05) is 31.8 Å². The van der Waals surface area contributed by atoms with Crippen LogP contribution in [-0.4, -0.2) is 47.6 Å². The maximum absolute atomic E-state index is 13.6. The van der Waals surface area contributed by atoms with Gasteiger partial charge in [0.25, 0.3) is 5.91 Å². The SMILES string of the molecule is COC(=O)C[C@H](C)CC(=O)CCC1C(c2ccc(F)cc2)N=C(C(=O)NCc2ccccc2)N1C(C)C. The number of aliphatic imine (C=N–C) groups is 1. The zero-order chi connectivity index (χ0) is 26.9. The molecular formula is C29H36FN3O4. The summed E-state index contributed by atoms with van der Waals surface area (Å²) in [7, 11) is 1.33. The molecule has 0 radical (unpaired) electrons. The maximum atomic E-state index is 13.6. The zero-order valence-electron chi connectivity index (χ0n) is 21.9. The summed E-state index contributed by atoms with van der Waals surface area (Å²) in [5, 5.41) is 2.96. The molecule has 37 heavy (non-hydrogen) atoms. The first-order valence-electron chi connectivity index (χ1n) is 12.7. The largest absolute Gasteiger partial charge is 0.469 e. The second kappa shape index (κ2) is 13.1. The normalized spacial score (nSPS) is 17.9. The van der Waals surface area contributed by atoms with Gasteiger partial charge >= 0.3 is 5.97 Å². The molecule has 0 spiro atoms. The number of nitrogens with one attached hydrogen (secondary N) is 1. The minimum Gasteiger partial charge on any atom is -0.469 e. The molecule has 2 aromatic carbocycles. The molecule has 3 atom stereocenters. The molecule has 2 unspecified atom stereocenters. The molecular weight excluding hydrogens is 473 g/mol. The van der Waals surface area contributed by atoms with Crippen LogP contribution in [-0.2, 0) is 25.7 Å². The van der Waals surface area contributed by atoms with Crippen molar-refractivity contribution in [1.82, 2.24) is 10.2 Å². The highest BCUT2D eigenvalue weighted by molar-refractivity contribution is 6.38. The molecule has 7 nitrogen and oxygen atoms in total. The summed E-state index contributed by atoms with van der Waals surface area (Å²) in [6, 6.07) is 15.0. The fourth-order valence-corrected chi connectivity index (χ4v) is 4.75. The summed E-state index contributed by atoms with van der Waals surface area (Å²) in [5.41, 5.74) is 1.76. The molecule has 1 N–H and O–H groups in total. The van der Waals surface area contributed by atoms with Crippen molar-refractivity contribution in [3.05, 3.63) is 71.5 Å². The molecule has 1 amide bonds. The van der Waals surface area contributed by atoms with Crippen LogP contribution in [0, 0.1) is 11.7 Å². The molecule has 1 aliphatic heterocycles. The standard InChI is InChI=1S/C29H36FN3O4/c1-19(2)33-25(15-14-24(34)16-20(3)17-26(35)37-4)27(22-10-12-23(30)13-11-22)32-28(33)29(36)31-18-21-8-6-5-7-9-21/h5-13,19-20,25,27H,14-18H2,1-4H3,(H,31,36)/t20-,25?,27?/m1/s1. The van der Waals surface area contributed by atoms with Gasteiger partial charge in [-0.2, -0.15) is 0 Å². The van der Waals surface area contributed by atoms with E-state index < -0.39 is 6.04 Å². The van der Waals surface area contributed by atoms with Gasteiger partial charge in [-0.3, -0.25) is 19.4 Å². The fraction of sp³-hybridized carbons (Fsp3) is 0.448. The van der Waals surface area contributed by atoms with Gasteiger partial charge in [0.2, 0.25) is 0 Å². The van der Waals surface area contributed by atoms with Crippen LogP contribution >= 0.6 is 0 Å². The number of hydrogen-bond donors (Lipinski definition) is 1. The number of benzene rings is 2. The van der Waals surface area contributed by atoms with E-state index >= 15 is 0 Å². The van der Waals surface area contributed by atoms with Crippen LogP contribution in [0.5, 0.6) is 0 Å². The van der Waals surface area contributed by atoms with E-state index in [9.17, 15) is 18.8 Å². The van der Waals surface area contributed by atoms with Crippen LogP contribution in [0.3, 0.4) is 0 Å². The first-order chi connectivity index (χ1) is 17.7. The molecule has 3 rings (SSSR count). The van der Waals surface area contributed by atoms with Gasteiger partial charge in [-0.05, 0) is 49.4 Å². The Bertz CT molecular complexity index is 1100. The van der Waals surface area contributed by atoms with Gasteiger partial charge in [0.05, 0.1) is 19.2 Å². The van der Waals surface area contributed by atoms with E-state index in [0.29, 0.717) is 18.8 Å². The highest BCUT2D eigenvalue weighted by Gasteiger charge is 2.41. The number of carbonyl (C=O) groups is 3. The molecule has 1 heterocycles. The molecule has 0 bridgehead atoms. The lowest BCUT2D eigenvalue weighted by molar-refractivity contribution is -0.141. The second-order valence-corrected chi connectivity index (χ2v) is 9.85. The Balaban J connectivity index is 1.78. The quantitative estimate of drug-likeness (QED) is 0.422. The molecule has 0 saturated carbocycles. The Morgan fingerprint density at radius 3 is 2.32 bits per heavy atom. The number of carbonyl (C=O) groups excluding carboxylic acids is 3. The van der Waals surface area contributed by atoms with Gasteiger partial charge < -0.3 is 15.0 Å². The molecule has 8 heteroatoms. The first-order valence-corrected chi connectivity index (χ1v) is 12.7. The van der Waals surface area contributed by atoms with Crippen molar-refractivity contribution in [2.24, 2.45) is 10.9 Å². The van der Waals surface area contributed by atoms with Crippen LogP contribution in [0.2, 0.25) is 0 Å². The third kappa shape index (κ3) is 7.71. The van der Waals surface area contributed by atoms with E-state index in [4.69, 9.17) is 9.73 Å². The van der Waals surface area contributed by atoms with Gasteiger partial charge in [-0.25, -0.2) is 4.39 Å². The number of hydrogen-bond acceptors (Lipinski definition) is 6. The minimum absolute atomic E-state index is 0.0416. The number of ketones is 1. The smallest absolute Gasteiger partial charge is 0.305 e. The van der Waals surface area contributed by atoms with Gasteiger partial charge in [0.1, 0.15) is 11.6 Å². The van der Waals surface area contributed by atoms with Crippen molar-refractivity contribution >= 4 is 23.5 Å². The number of amides is 1. The van der Waals surface area contributed by atoms with Crippen molar-refractivity contribution < 1.29 is 23.5 Å². The van der Waals surface area contributed by atoms with Gasteiger partial charge in [-0.1, -0.05) is 49.4 Å². The Morgan fingerprint density at radius 1 is 1.03 bits per heavy atom. The number of ether oxygens (including phenoxy) is 1. The highest BCUT2D eigenvalue weighted by atomic mass is 19.1. The average Bonchev–Trinajstić information content (AvgIpc) is 3.27. The van der Waals surface area contributed by atoms with E-state index in [2.05, 4.69) is 5.32 Å². The summed E-state index contributed by atoms with van der Waals surface area (Å²) >= 11 is 0. The topological polar surface area (TPSA) is 88.1 Å². The van der Waals surface area contributed by atoms with E-state index in [1.165, 1.54) is 19.2 Å². The number of halogens is 1. The molecule has 0 saturated heterocycles. The summed E-state index contributed by atoms with van der Waals surface area (Å²) < 4.78 is 18.3. The number of esters is 1. The maximum Gasteiger partial charge on any atom is 0.305 e. The average molecular weight is 510 g/mol. The summed E-state index contributed by atoms with van der Waals surface area (Å²) in [5.74, 6) is -0.730. The third-order valence-corrected chi connectivity index (χ3v) is 6.53. The molecule has 0 aliphatic carbocycles. The van der Waals surface area contributed by atoms with Crippen LogP contribution in [0.4, 0.5) is 4.39 Å². The van der Waals surface area contributed by atoms with Crippen molar-refractivity contribution in [1.29, 1.82) is 0 Å². The van der Waals surface area contributed by atoms with Crippen LogP contribution in [0.15, 0.2) is 59.6 Å². The van der Waals surface area contributed by atoms with Gasteiger partial charge in [-0.15, -0.1) is 0 Å². The number of methoxy groups -OCH3 is 1. The first kappa shape index (κ1) is 28.0. The molecule has 0 aromatic heterocycles. The van der Waals surface area contributed by atoms with E-state index in [-0.39, 0.29) is 60.7 Å². The number of amidine groups is 1. The van der Waals surface area contributed by atoms with E-state index in [1.807, 2.05) is 56.0 Å². The van der Waals surface area contributed by atoms with Crippen molar-refractivity contribution in [3.8, 4) is 0 Å². The molecule has 1 aliphatic rings. The number of rotatable bonds is 12. The Morgan fingerprint density at radius 2 is 1.70 bits per heavy atom. The van der Waals surface area contributed by atoms with Crippen molar-refractivity contribution in [3.63, 3.8) is 0 Å². The van der Waals surface area contributed by atoms with Crippen molar-refractivity contribution in [2.75, 3.05) is 7.11 Å². The van der Waals surface area contributed by atoms with Gasteiger partial charge in [0.15, 0.2) is 5.84 Å². The predicted octanol–water partition coefficient (Wildman–Crippen LogP) is 4.61. The second-order valence-electron chi connectivity index (χ2n) is 9.85. The predicted molar refractivity (Wildman–Crippen MR) is 140 cm³/mol. The highest BCUT2D eigenvalue weighted by Crippen LogP contribution is 2.36. The Labute approximate surface area is 218 Å². The third-order valence-electron chi connectivity index (χ3n) is 6.53.